The molecule has 4 saturated heterocycles. The van der Waals surface area contributed by atoms with Crippen molar-refractivity contribution in [2.45, 2.75) is 37.1 Å². The largest absolute Gasteiger partial charge is 0.381 e. The Balaban J connectivity index is 0.00000196. The van der Waals surface area contributed by atoms with Gasteiger partial charge in [-0.2, -0.15) is 0 Å². The van der Waals surface area contributed by atoms with Crippen LogP contribution < -0.4 is 10.6 Å². The van der Waals surface area contributed by atoms with Crippen LogP contribution in [0.4, 0.5) is 4.79 Å². The van der Waals surface area contributed by atoms with Crippen molar-refractivity contribution in [2.24, 2.45) is 5.92 Å². The van der Waals surface area contributed by atoms with Crippen molar-refractivity contribution >= 4 is 18.4 Å². The number of nitrogens with zero attached hydrogens (tertiary/aromatic N) is 1. The quantitative estimate of drug-likeness (QED) is 0.848. The predicted octanol–water partition coefficient (Wildman–Crippen LogP) is 2.55. The molecule has 2 N–H and O–H groups in total. The van der Waals surface area contributed by atoms with Gasteiger partial charge in [-0.25, -0.2) is 4.79 Å². The molecule has 4 fully saturated rings. The molecule has 5 rings (SSSR count). The molecule has 2 bridgehead atoms. The van der Waals surface area contributed by atoms with Crippen LogP contribution in [0.25, 0.3) is 0 Å². The van der Waals surface area contributed by atoms with E-state index in [-0.39, 0.29) is 23.9 Å². The van der Waals surface area contributed by atoms with Gasteiger partial charge in [0.15, 0.2) is 0 Å². The number of urea groups is 1. The highest BCUT2D eigenvalue weighted by Gasteiger charge is 2.37. The molecular weight excluding hydrogens is 350 g/mol. The first-order valence-electron chi connectivity index (χ1n) is 9.65. The Hall–Kier alpha value is -1.30. The van der Waals surface area contributed by atoms with Crippen molar-refractivity contribution in [1.82, 2.24) is 15.5 Å². The van der Waals surface area contributed by atoms with Gasteiger partial charge < -0.3 is 20.3 Å². The van der Waals surface area contributed by atoms with Crippen molar-refractivity contribution < 1.29 is 9.53 Å². The van der Waals surface area contributed by atoms with E-state index in [1.54, 1.807) is 0 Å². The summed E-state index contributed by atoms with van der Waals surface area (Å²) in [5.74, 6) is 0.607. The number of rotatable bonds is 3. The van der Waals surface area contributed by atoms with E-state index in [9.17, 15) is 4.79 Å². The van der Waals surface area contributed by atoms with Crippen LogP contribution in [-0.4, -0.2) is 56.4 Å². The summed E-state index contributed by atoms with van der Waals surface area (Å²) in [5, 5.41) is 6.77. The topological polar surface area (TPSA) is 53.6 Å². The average Bonchev–Trinajstić information content (AvgIpc) is 3.03. The Bertz CT molecular complexity index is 588. The minimum atomic E-state index is -0.00170. The third-order valence-corrected chi connectivity index (χ3v) is 6.29. The van der Waals surface area contributed by atoms with Crippen molar-refractivity contribution in [1.29, 1.82) is 0 Å². The van der Waals surface area contributed by atoms with Crippen LogP contribution in [0.15, 0.2) is 30.3 Å². The number of carbonyl (C=O) groups excluding carboxylic acids is 1. The highest BCUT2D eigenvalue weighted by molar-refractivity contribution is 5.85. The molecule has 4 aliphatic heterocycles. The number of amides is 2. The monoisotopic (exact) mass is 379 g/mol. The third-order valence-electron chi connectivity index (χ3n) is 6.29. The zero-order chi connectivity index (χ0) is 17.1. The van der Waals surface area contributed by atoms with Gasteiger partial charge in [0.05, 0.1) is 0 Å². The number of fused-ring (bicyclic) bond motifs is 4. The van der Waals surface area contributed by atoms with E-state index in [1.807, 2.05) is 0 Å². The van der Waals surface area contributed by atoms with E-state index in [0.717, 1.165) is 52.1 Å². The van der Waals surface area contributed by atoms with E-state index in [2.05, 4.69) is 45.9 Å². The second kappa shape index (κ2) is 8.59. The van der Waals surface area contributed by atoms with Crippen molar-refractivity contribution in [3.63, 3.8) is 0 Å². The number of piperidine rings is 1. The van der Waals surface area contributed by atoms with E-state index < -0.39 is 0 Å². The standard InChI is InChI=1S/C20H29N3O2.ClH/c24-19(23-14-16-6-7-18(23)13-21-12-16)22-15-20(8-10-25-11-9-20)17-4-2-1-3-5-17;/h1-5,16,18,21H,6-15H2,(H,22,24);1H/t16-,18+;/m1./s1. The molecule has 0 aliphatic carbocycles. The summed E-state index contributed by atoms with van der Waals surface area (Å²) in [5.41, 5.74) is 1.32. The smallest absolute Gasteiger partial charge is 0.317 e. The number of nitrogens with one attached hydrogen (secondary N) is 2. The number of ether oxygens (including phenoxy) is 1. The molecule has 1 aromatic carbocycles. The molecule has 1 aromatic rings. The lowest BCUT2D eigenvalue weighted by Crippen LogP contribution is -2.54. The molecule has 0 radical (unpaired) electrons. The highest BCUT2D eigenvalue weighted by Crippen LogP contribution is 2.34. The fourth-order valence-electron chi connectivity index (χ4n) is 4.65. The first-order valence-corrected chi connectivity index (χ1v) is 9.65. The Kier molecular flexibility index (Phi) is 6.43. The van der Waals surface area contributed by atoms with Crippen molar-refractivity contribution in [3.05, 3.63) is 35.9 Å². The van der Waals surface area contributed by atoms with Gasteiger partial charge >= 0.3 is 6.03 Å². The number of carbonyl (C=O) groups is 1. The van der Waals surface area contributed by atoms with Crippen LogP contribution in [0.5, 0.6) is 0 Å². The Morgan fingerprint density at radius 2 is 1.96 bits per heavy atom. The second-order valence-electron chi connectivity index (χ2n) is 7.83. The van der Waals surface area contributed by atoms with Crippen LogP contribution in [0.3, 0.4) is 0 Å². The normalized spacial score (nSPS) is 27.3. The zero-order valence-electron chi connectivity index (χ0n) is 15.3. The van der Waals surface area contributed by atoms with Gasteiger partial charge in [0, 0.05) is 44.3 Å². The van der Waals surface area contributed by atoms with Crippen molar-refractivity contribution in [2.75, 3.05) is 39.4 Å². The van der Waals surface area contributed by atoms with Crippen LogP contribution in [0.1, 0.15) is 31.2 Å². The van der Waals surface area contributed by atoms with Gasteiger partial charge in [-0.15, -0.1) is 12.4 Å². The lowest BCUT2D eigenvalue weighted by molar-refractivity contribution is 0.0494. The minimum Gasteiger partial charge on any atom is -0.381 e. The van der Waals surface area contributed by atoms with Crippen LogP contribution >= 0.6 is 12.4 Å². The summed E-state index contributed by atoms with van der Waals surface area (Å²) >= 11 is 0. The maximum absolute atomic E-state index is 12.9. The first kappa shape index (κ1) is 19.5. The van der Waals surface area contributed by atoms with Crippen LogP contribution in [-0.2, 0) is 10.2 Å². The number of hydrogen-bond acceptors (Lipinski definition) is 3. The molecule has 4 aliphatic rings. The maximum Gasteiger partial charge on any atom is 0.317 e. The lowest BCUT2D eigenvalue weighted by Gasteiger charge is -2.40. The lowest BCUT2D eigenvalue weighted by atomic mass is 9.74. The molecule has 0 unspecified atom stereocenters. The zero-order valence-corrected chi connectivity index (χ0v) is 16.1. The molecule has 0 saturated carbocycles. The molecular formula is C20H30ClN3O2. The van der Waals surface area contributed by atoms with Gasteiger partial charge in [-0.3, -0.25) is 0 Å². The van der Waals surface area contributed by atoms with Crippen LogP contribution in [0, 0.1) is 5.92 Å². The molecule has 2 amide bonds. The third kappa shape index (κ3) is 4.00. The molecule has 26 heavy (non-hydrogen) atoms. The van der Waals surface area contributed by atoms with Crippen LogP contribution in [0.2, 0.25) is 0 Å². The maximum atomic E-state index is 12.9. The summed E-state index contributed by atoms with van der Waals surface area (Å²) in [7, 11) is 0. The summed E-state index contributed by atoms with van der Waals surface area (Å²) in [4.78, 5) is 15.0. The van der Waals surface area contributed by atoms with Gasteiger partial charge in [0.25, 0.3) is 0 Å². The minimum absolute atomic E-state index is 0. The Morgan fingerprint density at radius 1 is 1.19 bits per heavy atom. The van der Waals surface area contributed by atoms with E-state index >= 15 is 0 Å². The summed E-state index contributed by atoms with van der Waals surface area (Å²) in [6.07, 6.45) is 4.30. The van der Waals surface area contributed by atoms with Gasteiger partial charge in [0.2, 0.25) is 0 Å². The fourth-order valence-corrected chi connectivity index (χ4v) is 4.65. The first-order chi connectivity index (χ1) is 12.3. The fraction of sp³-hybridized carbons (Fsp3) is 0.650. The second-order valence-corrected chi connectivity index (χ2v) is 7.83. The van der Waals surface area contributed by atoms with E-state index in [1.165, 1.54) is 12.0 Å². The van der Waals surface area contributed by atoms with Crippen molar-refractivity contribution in [3.8, 4) is 0 Å². The van der Waals surface area contributed by atoms with E-state index in [4.69, 9.17) is 4.74 Å². The summed E-state index contributed by atoms with van der Waals surface area (Å²) in [6, 6.07) is 11.1. The van der Waals surface area contributed by atoms with Gasteiger partial charge in [-0.1, -0.05) is 30.3 Å². The summed E-state index contributed by atoms with van der Waals surface area (Å²) in [6.45, 7) is 5.10. The summed E-state index contributed by atoms with van der Waals surface area (Å²) < 4.78 is 5.59. The molecule has 2 atom stereocenters. The Labute approximate surface area is 162 Å². The molecule has 0 aromatic heterocycles. The Morgan fingerprint density at radius 3 is 2.73 bits per heavy atom. The number of benzene rings is 1. The number of hydrogen-bond donors (Lipinski definition) is 2. The molecule has 0 spiro atoms. The highest BCUT2D eigenvalue weighted by atomic mass is 35.5. The molecule has 144 valence electrons. The molecule has 4 heterocycles. The van der Waals surface area contributed by atoms with Gasteiger partial charge in [-0.05, 0) is 43.7 Å². The van der Waals surface area contributed by atoms with E-state index in [0.29, 0.717) is 18.5 Å². The SMILES string of the molecule is Cl.O=C(NCC1(c2ccccc2)CCOCC1)N1C[C@@H]2CC[C@H]1CNC2. The van der Waals surface area contributed by atoms with Gasteiger partial charge in [0.1, 0.15) is 0 Å². The number of halogens is 1. The molecule has 6 heteroatoms. The molecule has 5 nitrogen and oxygen atoms in total. The average molecular weight is 380 g/mol. The predicted molar refractivity (Wildman–Crippen MR) is 105 cm³/mol.